The van der Waals surface area contributed by atoms with Crippen molar-refractivity contribution in [3.8, 4) is 0 Å². The van der Waals surface area contributed by atoms with Gasteiger partial charge in [0.25, 0.3) is 0 Å². The Morgan fingerprint density at radius 2 is 2.06 bits per heavy atom. The van der Waals surface area contributed by atoms with Crippen molar-refractivity contribution in [3.63, 3.8) is 0 Å². The van der Waals surface area contributed by atoms with Gasteiger partial charge in [-0.2, -0.15) is 0 Å². The molecule has 0 radical (unpaired) electrons. The smallest absolute Gasteiger partial charge is 0.308 e. The van der Waals surface area contributed by atoms with Gasteiger partial charge in [0.05, 0.1) is 5.92 Å². The molecule has 1 saturated heterocycles. The lowest BCUT2D eigenvalue weighted by Gasteiger charge is -2.34. The van der Waals surface area contributed by atoms with Crippen LogP contribution in [0, 0.1) is 5.92 Å². The first kappa shape index (κ1) is 12.6. The van der Waals surface area contributed by atoms with E-state index in [0.29, 0.717) is 6.54 Å². The van der Waals surface area contributed by atoms with Crippen LogP contribution in [0.25, 0.3) is 0 Å². The summed E-state index contributed by atoms with van der Waals surface area (Å²) in [6, 6.07) is 8.01. The maximum absolute atomic E-state index is 11.3. The number of nitrogens with zero attached hydrogens (tertiary/aromatic N) is 1. The van der Waals surface area contributed by atoms with Crippen molar-refractivity contribution < 1.29 is 9.90 Å². The van der Waals surface area contributed by atoms with Crippen LogP contribution in [0.1, 0.15) is 17.9 Å². The summed E-state index contributed by atoms with van der Waals surface area (Å²) < 4.78 is 1.03. The average Bonchev–Trinajstić information content (AvgIpc) is 2.30. The standard InChI is InChI=1S/C13H16BrNO2/c1-15-7-6-11(12(8-15)13(16)17)9-2-4-10(14)5-3-9/h2-5,11-12H,6-8H2,1H3,(H,16,17)/t11-,12?/m1/s1. The van der Waals surface area contributed by atoms with Gasteiger partial charge in [0.1, 0.15) is 0 Å². The molecule has 1 fully saturated rings. The highest BCUT2D eigenvalue weighted by atomic mass is 79.9. The Labute approximate surface area is 110 Å². The number of halogens is 1. The minimum absolute atomic E-state index is 0.136. The first-order chi connectivity index (χ1) is 8.08. The summed E-state index contributed by atoms with van der Waals surface area (Å²) in [5.41, 5.74) is 1.13. The van der Waals surface area contributed by atoms with Gasteiger partial charge < -0.3 is 10.0 Å². The van der Waals surface area contributed by atoms with Crippen LogP contribution < -0.4 is 0 Å². The SMILES string of the molecule is CN1CC[C@H](c2ccc(Br)cc2)C(C(=O)O)C1. The minimum atomic E-state index is -0.690. The van der Waals surface area contributed by atoms with Crippen LogP contribution in [-0.4, -0.2) is 36.1 Å². The van der Waals surface area contributed by atoms with Crippen LogP contribution in [0.4, 0.5) is 0 Å². The third-order valence-corrected chi connectivity index (χ3v) is 3.96. The minimum Gasteiger partial charge on any atom is -0.481 e. The Bertz CT molecular complexity index is 404. The zero-order chi connectivity index (χ0) is 12.4. The fourth-order valence-electron chi connectivity index (χ4n) is 2.47. The quantitative estimate of drug-likeness (QED) is 0.912. The summed E-state index contributed by atoms with van der Waals surface area (Å²) in [6.07, 6.45) is 0.912. The van der Waals surface area contributed by atoms with Crippen LogP contribution in [-0.2, 0) is 4.79 Å². The highest BCUT2D eigenvalue weighted by Crippen LogP contribution is 2.33. The molecule has 4 heteroatoms. The molecule has 1 aliphatic rings. The number of likely N-dealkylation sites (tertiary alicyclic amines) is 1. The van der Waals surface area contributed by atoms with Crippen LogP contribution in [0.5, 0.6) is 0 Å². The second-order valence-corrected chi connectivity index (χ2v) is 5.57. The molecule has 2 rings (SSSR count). The Balaban J connectivity index is 2.23. The fraction of sp³-hybridized carbons (Fsp3) is 0.462. The molecule has 2 atom stereocenters. The van der Waals surface area contributed by atoms with E-state index in [1.807, 2.05) is 31.3 Å². The molecular formula is C13H16BrNO2. The number of aliphatic carboxylic acids is 1. The summed E-state index contributed by atoms with van der Waals surface area (Å²) in [7, 11) is 1.98. The zero-order valence-electron chi connectivity index (χ0n) is 9.77. The van der Waals surface area contributed by atoms with Crippen molar-refractivity contribution >= 4 is 21.9 Å². The molecule has 1 aromatic carbocycles. The highest BCUT2D eigenvalue weighted by Gasteiger charge is 2.33. The summed E-state index contributed by atoms with van der Waals surface area (Å²) in [5.74, 6) is -0.851. The van der Waals surface area contributed by atoms with E-state index >= 15 is 0 Å². The van der Waals surface area contributed by atoms with Gasteiger partial charge >= 0.3 is 5.97 Å². The van der Waals surface area contributed by atoms with E-state index in [0.717, 1.165) is 23.0 Å². The maximum Gasteiger partial charge on any atom is 0.308 e. The Hall–Kier alpha value is -0.870. The number of carboxylic acid groups (broad SMARTS) is 1. The van der Waals surface area contributed by atoms with Gasteiger partial charge in [0.2, 0.25) is 0 Å². The lowest BCUT2D eigenvalue weighted by molar-refractivity contribution is -0.144. The Kier molecular flexibility index (Phi) is 3.84. The molecule has 0 aliphatic carbocycles. The maximum atomic E-state index is 11.3. The average molecular weight is 298 g/mol. The van der Waals surface area contributed by atoms with Gasteiger partial charge in [-0.15, -0.1) is 0 Å². The third kappa shape index (κ3) is 2.87. The van der Waals surface area contributed by atoms with Gasteiger partial charge in [0.15, 0.2) is 0 Å². The van der Waals surface area contributed by atoms with Gasteiger partial charge in [0, 0.05) is 11.0 Å². The van der Waals surface area contributed by atoms with E-state index in [2.05, 4.69) is 20.8 Å². The van der Waals surface area contributed by atoms with E-state index in [4.69, 9.17) is 0 Å². The normalized spacial score (nSPS) is 25.8. The number of carboxylic acids is 1. The van der Waals surface area contributed by atoms with Gasteiger partial charge in [-0.1, -0.05) is 28.1 Å². The van der Waals surface area contributed by atoms with E-state index < -0.39 is 5.97 Å². The van der Waals surface area contributed by atoms with Crippen molar-refractivity contribution in [1.29, 1.82) is 0 Å². The van der Waals surface area contributed by atoms with Crippen LogP contribution in [0.3, 0.4) is 0 Å². The number of carbonyl (C=O) groups is 1. The van der Waals surface area contributed by atoms with Crippen LogP contribution in [0.15, 0.2) is 28.7 Å². The van der Waals surface area contributed by atoms with Crippen molar-refractivity contribution in [2.24, 2.45) is 5.92 Å². The van der Waals surface area contributed by atoms with Gasteiger partial charge in [-0.3, -0.25) is 4.79 Å². The molecule has 0 aromatic heterocycles. The predicted molar refractivity (Wildman–Crippen MR) is 70.1 cm³/mol. The Morgan fingerprint density at radius 1 is 1.41 bits per heavy atom. The topological polar surface area (TPSA) is 40.5 Å². The second-order valence-electron chi connectivity index (χ2n) is 4.65. The van der Waals surface area contributed by atoms with E-state index in [9.17, 15) is 9.90 Å². The molecule has 1 aromatic rings. The summed E-state index contributed by atoms with van der Waals surface area (Å²) in [5, 5.41) is 9.31. The van der Waals surface area contributed by atoms with Gasteiger partial charge in [-0.05, 0) is 43.6 Å². The molecule has 17 heavy (non-hydrogen) atoms. The molecule has 0 saturated carbocycles. The van der Waals surface area contributed by atoms with E-state index in [-0.39, 0.29) is 11.8 Å². The number of hydrogen-bond acceptors (Lipinski definition) is 2. The molecule has 0 spiro atoms. The number of benzene rings is 1. The van der Waals surface area contributed by atoms with Crippen molar-refractivity contribution in [2.45, 2.75) is 12.3 Å². The molecule has 3 nitrogen and oxygen atoms in total. The third-order valence-electron chi connectivity index (χ3n) is 3.43. The van der Waals surface area contributed by atoms with Crippen molar-refractivity contribution in [1.82, 2.24) is 4.90 Å². The monoisotopic (exact) mass is 297 g/mol. The lowest BCUT2D eigenvalue weighted by atomic mass is 9.80. The summed E-state index contributed by atoms with van der Waals surface area (Å²) in [6.45, 7) is 1.60. The molecule has 0 amide bonds. The molecule has 92 valence electrons. The second kappa shape index (κ2) is 5.19. The molecule has 1 N–H and O–H groups in total. The summed E-state index contributed by atoms with van der Waals surface area (Å²) in [4.78, 5) is 13.4. The zero-order valence-corrected chi connectivity index (χ0v) is 11.4. The number of hydrogen-bond donors (Lipinski definition) is 1. The predicted octanol–water partition coefficient (Wildman–Crippen LogP) is 2.57. The fourth-order valence-corrected chi connectivity index (χ4v) is 2.74. The first-order valence-electron chi connectivity index (χ1n) is 5.74. The lowest BCUT2D eigenvalue weighted by Crippen LogP contribution is -2.40. The van der Waals surface area contributed by atoms with E-state index in [1.165, 1.54) is 0 Å². The summed E-state index contributed by atoms with van der Waals surface area (Å²) >= 11 is 3.40. The molecule has 1 heterocycles. The van der Waals surface area contributed by atoms with Crippen molar-refractivity contribution in [3.05, 3.63) is 34.3 Å². The molecule has 1 unspecified atom stereocenters. The number of piperidine rings is 1. The Morgan fingerprint density at radius 3 is 2.65 bits per heavy atom. The largest absolute Gasteiger partial charge is 0.481 e. The molecule has 1 aliphatic heterocycles. The number of rotatable bonds is 2. The molecule has 0 bridgehead atoms. The van der Waals surface area contributed by atoms with Crippen LogP contribution >= 0.6 is 15.9 Å². The molecular weight excluding hydrogens is 282 g/mol. The van der Waals surface area contributed by atoms with Crippen molar-refractivity contribution in [2.75, 3.05) is 20.1 Å². The highest BCUT2D eigenvalue weighted by molar-refractivity contribution is 9.10. The van der Waals surface area contributed by atoms with E-state index in [1.54, 1.807) is 0 Å². The van der Waals surface area contributed by atoms with Crippen LogP contribution in [0.2, 0.25) is 0 Å². The van der Waals surface area contributed by atoms with Gasteiger partial charge in [-0.25, -0.2) is 0 Å². The first-order valence-corrected chi connectivity index (χ1v) is 6.54.